The second kappa shape index (κ2) is 6.38. The molecule has 0 amide bonds. The number of hydrogen-bond acceptors (Lipinski definition) is 3. The minimum Gasteiger partial charge on any atom is -0.335 e. The monoisotopic (exact) mass is 277 g/mol. The van der Waals surface area contributed by atoms with Crippen molar-refractivity contribution in [1.82, 2.24) is 9.55 Å². The molecule has 0 saturated carbocycles. The van der Waals surface area contributed by atoms with Crippen molar-refractivity contribution in [2.24, 2.45) is 0 Å². The molecule has 0 fully saturated rings. The number of nitrogens with zero attached hydrogens (tertiary/aromatic N) is 2. The molecule has 2 aromatic rings. The first-order chi connectivity index (χ1) is 9.26. The molecule has 1 aromatic heterocycles. The Morgan fingerprint density at radius 2 is 2.16 bits per heavy atom. The maximum Gasteiger partial charge on any atom is 0.293 e. The van der Waals surface area contributed by atoms with Crippen LogP contribution in [-0.2, 0) is 12.4 Å². The second-order valence-corrected chi connectivity index (χ2v) is 4.46. The van der Waals surface area contributed by atoms with E-state index in [1.54, 1.807) is 17.0 Å². The van der Waals surface area contributed by atoms with Gasteiger partial charge in [-0.15, -0.1) is 11.6 Å². The van der Waals surface area contributed by atoms with E-state index in [0.29, 0.717) is 18.2 Å². The van der Waals surface area contributed by atoms with Gasteiger partial charge in [-0.1, -0.05) is 25.1 Å². The fraction of sp³-hybridized carbons (Fsp3) is 0.286. The van der Waals surface area contributed by atoms with Crippen LogP contribution in [0.5, 0.6) is 0 Å². The van der Waals surface area contributed by atoms with E-state index in [9.17, 15) is 4.79 Å². The van der Waals surface area contributed by atoms with Crippen LogP contribution in [0.2, 0.25) is 0 Å². The van der Waals surface area contributed by atoms with Crippen molar-refractivity contribution in [2.45, 2.75) is 25.8 Å². The van der Waals surface area contributed by atoms with Gasteiger partial charge >= 0.3 is 0 Å². The lowest BCUT2D eigenvalue weighted by molar-refractivity contribution is 0.650. The summed E-state index contributed by atoms with van der Waals surface area (Å²) in [6.07, 6.45) is 4.23. The van der Waals surface area contributed by atoms with Crippen molar-refractivity contribution < 1.29 is 0 Å². The third kappa shape index (κ3) is 3.15. The Morgan fingerprint density at radius 1 is 1.37 bits per heavy atom. The van der Waals surface area contributed by atoms with E-state index in [4.69, 9.17) is 11.6 Å². The van der Waals surface area contributed by atoms with Gasteiger partial charge in [0.05, 0.1) is 0 Å². The number of halogens is 1. The van der Waals surface area contributed by atoms with E-state index in [-0.39, 0.29) is 5.56 Å². The van der Waals surface area contributed by atoms with Gasteiger partial charge in [0.1, 0.15) is 0 Å². The Bertz CT molecular complexity index is 610. The summed E-state index contributed by atoms with van der Waals surface area (Å²) in [6.45, 7) is 2.72. The van der Waals surface area contributed by atoms with Crippen LogP contribution in [0.1, 0.15) is 18.9 Å². The molecule has 0 saturated heterocycles. The van der Waals surface area contributed by atoms with Gasteiger partial charge in [0.15, 0.2) is 5.82 Å². The lowest BCUT2D eigenvalue weighted by Gasteiger charge is -2.10. The Kier molecular flexibility index (Phi) is 4.58. The molecule has 2 rings (SSSR count). The highest BCUT2D eigenvalue weighted by Crippen LogP contribution is 2.19. The molecule has 1 aromatic carbocycles. The van der Waals surface area contributed by atoms with Gasteiger partial charge in [0, 0.05) is 30.5 Å². The Hall–Kier alpha value is -1.81. The van der Waals surface area contributed by atoms with E-state index >= 15 is 0 Å². The summed E-state index contributed by atoms with van der Waals surface area (Å²) >= 11 is 5.88. The van der Waals surface area contributed by atoms with E-state index in [1.807, 2.05) is 31.2 Å². The van der Waals surface area contributed by atoms with Crippen molar-refractivity contribution in [2.75, 3.05) is 5.32 Å². The minimum absolute atomic E-state index is 0.117. The van der Waals surface area contributed by atoms with Crippen molar-refractivity contribution in [1.29, 1.82) is 0 Å². The first kappa shape index (κ1) is 13.6. The molecular formula is C14H16ClN3O. The van der Waals surface area contributed by atoms with Crippen molar-refractivity contribution >= 4 is 23.1 Å². The average molecular weight is 278 g/mol. The molecule has 1 heterocycles. The van der Waals surface area contributed by atoms with Gasteiger partial charge in [-0.2, -0.15) is 0 Å². The van der Waals surface area contributed by atoms with Crippen LogP contribution in [0.4, 0.5) is 11.5 Å². The zero-order chi connectivity index (χ0) is 13.7. The lowest BCUT2D eigenvalue weighted by Crippen LogP contribution is -2.23. The SMILES string of the molecule is CCCn1ccnc(Nc2ccccc2CCl)c1=O. The Morgan fingerprint density at radius 3 is 2.89 bits per heavy atom. The molecule has 0 aliphatic carbocycles. The number of aryl methyl sites for hydroxylation is 1. The molecule has 0 bridgehead atoms. The normalized spacial score (nSPS) is 10.4. The molecular weight excluding hydrogens is 262 g/mol. The van der Waals surface area contributed by atoms with Crippen LogP contribution in [0.25, 0.3) is 0 Å². The number of nitrogens with one attached hydrogen (secondary N) is 1. The summed E-state index contributed by atoms with van der Waals surface area (Å²) in [5, 5.41) is 3.06. The Balaban J connectivity index is 2.33. The lowest BCUT2D eigenvalue weighted by atomic mass is 10.2. The number of anilines is 2. The third-order valence-electron chi connectivity index (χ3n) is 2.79. The summed E-state index contributed by atoms with van der Waals surface area (Å²) in [5.41, 5.74) is 1.64. The molecule has 19 heavy (non-hydrogen) atoms. The quantitative estimate of drug-likeness (QED) is 0.854. The maximum absolute atomic E-state index is 12.2. The van der Waals surface area contributed by atoms with E-state index < -0.39 is 0 Å². The van der Waals surface area contributed by atoms with E-state index in [1.165, 1.54) is 0 Å². The molecule has 0 atom stereocenters. The molecule has 0 unspecified atom stereocenters. The number of rotatable bonds is 5. The fourth-order valence-corrected chi connectivity index (χ4v) is 2.07. The van der Waals surface area contributed by atoms with Crippen molar-refractivity contribution in [3.8, 4) is 0 Å². The van der Waals surface area contributed by atoms with Crippen LogP contribution in [0.3, 0.4) is 0 Å². The first-order valence-corrected chi connectivity index (χ1v) is 6.76. The molecule has 1 N–H and O–H groups in total. The standard InChI is InChI=1S/C14H16ClN3O/c1-2-8-18-9-7-16-13(14(18)19)17-12-6-4-3-5-11(12)10-15/h3-7,9H,2,8,10H2,1H3,(H,16,17). The number of aromatic nitrogens is 2. The molecule has 0 aliphatic heterocycles. The summed E-state index contributed by atoms with van der Waals surface area (Å²) < 4.78 is 1.65. The van der Waals surface area contributed by atoms with Crippen LogP contribution in [0, 0.1) is 0 Å². The highest BCUT2D eigenvalue weighted by molar-refractivity contribution is 6.17. The Labute approximate surface area is 117 Å². The van der Waals surface area contributed by atoms with Gasteiger partial charge in [0.2, 0.25) is 0 Å². The maximum atomic E-state index is 12.2. The number of para-hydroxylation sites is 1. The summed E-state index contributed by atoms with van der Waals surface area (Å²) in [6, 6.07) is 7.61. The van der Waals surface area contributed by atoms with Crippen LogP contribution in [-0.4, -0.2) is 9.55 Å². The summed E-state index contributed by atoms with van der Waals surface area (Å²) in [4.78, 5) is 16.3. The van der Waals surface area contributed by atoms with Crippen LogP contribution in [0.15, 0.2) is 41.5 Å². The van der Waals surface area contributed by atoms with Crippen molar-refractivity contribution in [3.63, 3.8) is 0 Å². The van der Waals surface area contributed by atoms with Gasteiger partial charge in [-0.25, -0.2) is 4.98 Å². The minimum atomic E-state index is -0.117. The average Bonchev–Trinajstić information content (AvgIpc) is 2.44. The van der Waals surface area contributed by atoms with Gasteiger partial charge in [0.25, 0.3) is 5.56 Å². The number of alkyl halides is 1. The fourth-order valence-electron chi connectivity index (χ4n) is 1.84. The largest absolute Gasteiger partial charge is 0.335 e. The third-order valence-corrected chi connectivity index (χ3v) is 3.08. The topological polar surface area (TPSA) is 46.9 Å². The second-order valence-electron chi connectivity index (χ2n) is 4.19. The van der Waals surface area contributed by atoms with E-state index in [0.717, 1.165) is 17.7 Å². The molecule has 5 heteroatoms. The molecule has 4 nitrogen and oxygen atoms in total. The molecule has 0 spiro atoms. The molecule has 100 valence electrons. The molecule has 0 radical (unpaired) electrons. The highest BCUT2D eigenvalue weighted by Gasteiger charge is 2.07. The van der Waals surface area contributed by atoms with Gasteiger partial charge in [-0.05, 0) is 18.1 Å². The summed E-state index contributed by atoms with van der Waals surface area (Å²) in [5.74, 6) is 0.715. The van der Waals surface area contributed by atoms with E-state index in [2.05, 4.69) is 10.3 Å². The predicted molar refractivity (Wildman–Crippen MR) is 78.1 cm³/mol. The number of benzene rings is 1. The zero-order valence-electron chi connectivity index (χ0n) is 10.8. The summed E-state index contributed by atoms with van der Waals surface area (Å²) in [7, 11) is 0. The van der Waals surface area contributed by atoms with Gasteiger partial charge in [-0.3, -0.25) is 4.79 Å². The van der Waals surface area contributed by atoms with Gasteiger partial charge < -0.3 is 9.88 Å². The van der Waals surface area contributed by atoms with Crippen LogP contribution < -0.4 is 10.9 Å². The predicted octanol–water partition coefficient (Wildman–Crippen LogP) is 3.14. The number of hydrogen-bond donors (Lipinski definition) is 1. The molecule has 0 aliphatic rings. The first-order valence-electron chi connectivity index (χ1n) is 6.22. The van der Waals surface area contributed by atoms with Crippen molar-refractivity contribution in [3.05, 3.63) is 52.6 Å². The van der Waals surface area contributed by atoms with Crippen LogP contribution >= 0.6 is 11.6 Å². The zero-order valence-corrected chi connectivity index (χ0v) is 11.5. The highest BCUT2D eigenvalue weighted by atomic mass is 35.5. The smallest absolute Gasteiger partial charge is 0.293 e.